The number of carbonyl (C=O) groups excluding carboxylic acids is 4. The molecule has 0 aromatic heterocycles. The van der Waals surface area contributed by atoms with Crippen molar-refractivity contribution >= 4 is 39.5 Å². The Balaban J connectivity index is 5.20. The molecule has 0 spiro atoms. The lowest BCUT2D eigenvalue weighted by Crippen LogP contribution is -2.30. The first-order chi connectivity index (χ1) is 45.6. The molecular formula is C75H146O17P2. The van der Waals surface area contributed by atoms with Crippen LogP contribution in [0.5, 0.6) is 0 Å². The predicted octanol–water partition coefficient (Wildman–Crippen LogP) is 22.1. The lowest BCUT2D eigenvalue weighted by molar-refractivity contribution is -0.161. The van der Waals surface area contributed by atoms with E-state index >= 15 is 0 Å². The number of phosphoric acid groups is 2. The van der Waals surface area contributed by atoms with Crippen LogP contribution in [0.25, 0.3) is 0 Å². The first-order valence-corrected chi connectivity index (χ1v) is 42.2. The van der Waals surface area contributed by atoms with Crippen molar-refractivity contribution in [3.8, 4) is 0 Å². The molecule has 0 fully saturated rings. The standard InChI is InChI=1S/C75H146O17P2/c1-6-10-13-16-19-22-24-26-28-29-30-31-33-35-37-39-45-50-55-60-74(79)91-71(65-86-73(78)59-54-49-44-38-36-34-32-27-25-23-20-17-14-11-7-2)67-90-94(83,84)88-63-69(76)62-87-93(81,82)89-66-70(64-85-72(77)58-53-48-43-21-18-15-12-8-3)92-75(80)61-56-51-46-41-40-42-47-52-57-68(5)9-4/h68-71,76H,6-67H2,1-5H3,(H,81,82)(H,83,84)/t68?,69-,70+,71+/m0/s1. The summed E-state index contributed by atoms with van der Waals surface area (Å²) >= 11 is 0. The Morgan fingerprint density at radius 3 is 0.755 bits per heavy atom. The Labute approximate surface area is 575 Å². The SMILES string of the molecule is CCCCCCCCCCCCCCCCCCCCCC(=O)O[C@H](COC(=O)CCCCCCCCCCCCCCCCC)COP(=O)(O)OC[C@@H](O)COP(=O)(O)OC[C@@H](COC(=O)CCCCCCCCCC)OC(=O)CCCCCCCCCCC(C)CC. The molecule has 0 saturated heterocycles. The van der Waals surface area contributed by atoms with Crippen molar-refractivity contribution in [2.24, 2.45) is 5.92 Å². The second-order valence-electron chi connectivity index (χ2n) is 27.3. The number of aliphatic hydroxyl groups is 1. The molecule has 19 heteroatoms. The van der Waals surface area contributed by atoms with E-state index in [1.807, 2.05) is 0 Å². The van der Waals surface area contributed by atoms with Gasteiger partial charge in [0.15, 0.2) is 12.2 Å². The van der Waals surface area contributed by atoms with E-state index in [4.69, 9.17) is 37.0 Å². The van der Waals surface area contributed by atoms with Gasteiger partial charge in [-0.15, -0.1) is 0 Å². The Kier molecular flexibility index (Phi) is 66.8. The number of phosphoric ester groups is 2. The van der Waals surface area contributed by atoms with Gasteiger partial charge in [-0.25, -0.2) is 9.13 Å². The fourth-order valence-corrected chi connectivity index (χ4v) is 13.1. The summed E-state index contributed by atoms with van der Waals surface area (Å²) in [6.45, 7) is 7.26. The smallest absolute Gasteiger partial charge is 0.462 e. The van der Waals surface area contributed by atoms with E-state index in [2.05, 4.69) is 34.6 Å². The van der Waals surface area contributed by atoms with Crippen molar-refractivity contribution < 1.29 is 80.2 Å². The topological polar surface area (TPSA) is 237 Å². The molecule has 3 N–H and O–H groups in total. The molecule has 3 unspecified atom stereocenters. The van der Waals surface area contributed by atoms with Crippen LogP contribution in [0, 0.1) is 5.92 Å². The molecule has 0 aliphatic carbocycles. The minimum Gasteiger partial charge on any atom is -0.462 e. The molecule has 6 atom stereocenters. The van der Waals surface area contributed by atoms with Crippen molar-refractivity contribution in [3.05, 3.63) is 0 Å². The average Bonchev–Trinajstić information content (AvgIpc) is 1.42. The third kappa shape index (κ3) is 67.3. The highest BCUT2D eigenvalue weighted by atomic mass is 31.2. The van der Waals surface area contributed by atoms with Gasteiger partial charge in [-0.2, -0.15) is 0 Å². The average molecular weight is 1380 g/mol. The van der Waals surface area contributed by atoms with Gasteiger partial charge in [0, 0.05) is 25.7 Å². The molecule has 0 bridgehead atoms. The van der Waals surface area contributed by atoms with Crippen LogP contribution in [0.2, 0.25) is 0 Å². The van der Waals surface area contributed by atoms with Crippen LogP contribution in [0.1, 0.15) is 394 Å². The quantitative estimate of drug-likeness (QED) is 0.0222. The van der Waals surface area contributed by atoms with Gasteiger partial charge in [-0.05, 0) is 31.6 Å². The molecule has 0 aliphatic rings. The molecule has 94 heavy (non-hydrogen) atoms. The minimum atomic E-state index is -4.96. The maximum Gasteiger partial charge on any atom is 0.472 e. The van der Waals surface area contributed by atoms with E-state index in [-0.39, 0.29) is 25.7 Å². The van der Waals surface area contributed by atoms with Gasteiger partial charge in [-0.3, -0.25) is 37.3 Å². The monoisotopic (exact) mass is 1380 g/mol. The molecular weight excluding hydrogens is 1230 g/mol. The first-order valence-electron chi connectivity index (χ1n) is 39.2. The molecule has 17 nitrogen and oxygen atoms in total. The normalized spacial score (nSPS) is 14.3. The zero-order valence-corrected chi connectivity index (χ0v) is 62.9. The van der Waals surface area contributed by atoms with E-state index in [9.17, 15) is 43.2 Å². The van der Waals surface area contributed by atoms with Crippen LogP contribution >= 0.6 is 15.6 Å². The summed E-state index contributed by atoms with van der Waals surface area (Å²) in [6, 6.07) is 0. The van der Waals surface area contributed by atoms with Gasteiger partial charge < -0.3 is 33.8 Å². The first kappa shape index (κ1) is 92.1. The molecule has 0 heterocycles. The molecule has 0 saturated carbocycles. The number of aliphatic hydroxyl groups excluding tert-OH is 1. The van der Waals surface area contributed by atoms with Crippen LogP contribution in [0.3, 0.4) is 0 Å². The van der Waals surface area contributed by atoms with Gasteiger partial charge >= 0.3 is 39.5 Å². The second kappa shape index (κ2) is 68.2. The maximum atomic E-state index is 13.1. The number of unbranched alkanes of at least 4 members (excludes halogenated alkanes) is 46. The number of carbonyl (C=O) groups is 4. The van der Waals surface area contributed by atoms with E-state index < -0.39 is 97.5 Å². The summed E-state index contributed by atoms with van der Waals surface area (Å²) < 4.78 is 68.4. The highest BCUT2D eigenvalue weighted by Crippen LogP contribution is 2.45. The fourth-order valence-electron chi connectivity index (χ4n) is 11.5. The Bertz CT molecular complexity index is 1810. The third-order valence-corrected chi connectivity index (χ3v) is 19.8. The van der Waals surface area contributed by atoms with E-state index in [0.29, 0.717) is 25.7 Å². The minimum absolute atomic E-state index is 0.105. The molecule has 0 aromatic carbocycles. The lowest BCUT2D eigenvalue weighted by Gasteiger charge is -2.21. The maximum absolute atomic E-state index is 13.1. The molecule has 0 radical (unpaired) electrons. The van der Waals surface area contributed by atoms with E-state index in [0.717, 1.165) is 102 Å². The Morgan fingerprint density at radius 1 is 0.298 bits per heavy atom. The van der Waals surface area contributed by atoms with Gasteiger partial charge in [0.05, 0.1) is 26.4 Å². The summed E-state index contributed by atoms with van der Waals surface area (Å²) in [7, 11) is -9.90. The number of esters is 4. The fraction of sp³-hybridized carbons (Fsp3) is 0.947. The van der Waals surface area contributed by atoms with Gasteiger partial charge in [0.25, 0.3) is 0 Å². The molecule has 558 valence electrons. The third-order valence-electron chi connectivity index (χ3n) is 17.9. The number of rotatable bonds is 75. The van der Waals surface area contributed by atoms with E-state index in [1.165, 1.54) is 212 Å². The zero-order chi connectivity index (χ0) is 69.1. The van der Waals surface area contributed by atoms with Crippen LogP contribution in [-0.2, 0) is 65.4 Å². The zero-order valence-electron chi connectivity index (χ0n) is 61.1. The summed E-state index contributed by atoms with van der Waals surface area (Å²) in [5.41, 5.74) is 0. The van der Waals surface area contributed by atoms with Gasteiger partial charge in [-0.1, -0.05) is 343 Å². The molecule has 0 aromatic rings. The molecule has 0 amide bonds. The largest absolute Gasteiger partial charge is 0.472 e. The van der Waals surface area contributed by atoms with E-state index in [1.54, 1.807) is 0 Å². The summed E-state index contributed by atoms with van der Waals surface area (Å²) in [4.78, 5) is 72.7. The summed E-state index contributed by atoms with van der Waals surface area (Å²) in [6.07, 6.45) is 56.9. The van der Waals surface area contributed by atoms with Crippen molar-refractivity contribution in [2.75, 3.05) is 39.6 Å². The molecule has 0 rings (SSSR count). The highest BCUT2D eigenvalue weighted by Gasteiger charge is 2.30. The van der Waals surface area contributed by atoms with Crippen molar-refractivity contribution in [1.82, 2.24) is 0 Å². The van der Waals surface area contributed by atoms with Gasteiger partial charge in [0.2, 0.25) is 0 Å². The van der Waals surface area contributed by atoms with Crippen molar-refractivity contribution in [1.29, 1.82) is 0 Å². The van der Waals surface area contributed by atoms with Crippen molar-refractivity contribution in [2.45, 2.75) is 412 Å². The number of ether oxygens (including phenoxy) is 4. The summed E-state index contributed by atoms with van der Waals surface area (Å²) in [5.74, 6) is -1.35. The summed E-state index contributed by atoms with van der Waals surface area (Å²) in [5, 5.41) is 10.6. The van der Waals surface area contributed by atoms with Crippen LogP contribution in [0.4, 0.5) is 0 Å². The second-order valence-corrected chi connectivity index (χ2v) is 30.2. The highest BCUT2D eigenvalue weighted by molar-refractivity contribution is 7.47. The number of hydrogen-bond donors (Lipinski definition) is 3. The molecule has 0 aliphatic heterocycles. The van der Waals surface area contributed by atoms with Crippen LogP contribution in [0.15, 0.2) is 0 Å². The number of hydrogen-bond acceptors (Lipinski definition) is 15. The van der Waals surface area contributed by atoms with Crippen LogP contribution < -0.4 is 0 Å². The van der Waals surface area contributed by atoms with Crippen LogP contribution in [-0.4, -0.2) is 96.7 Å². The Hall–Kier alpha value is -1.94. The lowest BCUT2D eigenvalue weighted by atomic mass is 9.99. The van der Waals surface area contributed by atoms with Gasteiger partial charge in [0.1, 0.15) is 19.3 Å². The van der Waals surface area contributed by atoms with Crippen molar-refractivity contribution in [3.63, 3.8) is 0 Å². The Morgan fingerprint density at radius 2 is 0.511 bits per heavy atom. The predicted molar refractivity (Wildman–Crippen MR) is 382 cm³/mol.